The first-order valence-corrected chi connectivity index (χ1v) is 11.2. The summed E-state index contributed by atoms with van der Waals surface area (Å²) in [6, 6.07) is 3.42. The van der Waals surface area contributed by atoms with Gasteiger partial charge in [-0.2, -0.15) is 8.61 Å². The number of hydrogen-bond acceptors (Lipinski definition) is 6. The van der Waals surface area contributed by atoms with Gasteiger partial charge < -0.3 is 4.74 Å². The summed E-state index contributed by atoms with van der Waals surface area (Å²) in [5.74, 6) is -0.910. The Morgan fingerprint density at radius 2 is 1.35 bits per heavy atom. The number of hydrogen-bond donors (Lipinski definition) is 0. The molecule has 1 aromatic rings. The highest BCUT2D eigenvalue weighted by atomic mass is 32.2. The van der Waals surface area contributed by atoms with E-state index in [9.17, 15) is 21.6 Å². The summed E-state index contributed by atoms with van der Waals surface area (Å²) in [5, 5.41) is 0. The van der Waals surface area contributed by atoms with Crippen LogP contribution in [-0.2, 0) is 24.8 Å². The van der Waals surface area contributed by atoms with Crippen molar-refractivity contribution in [3.8, 4) is 0 Å². The van der Waals surface area contributed by atoms with Gasteiger partial charge in [0.25, 0.3) is 0 Å². The van der Waals surface area contributed by atoms with Crippen molar-refractivity contribution in [2.75, 3.05) is 33.3 Å². The molecule has 0 bridgehead atoms. The Balaban J connectivity index is 3.67. The Hall–Kier alpha value is -1.49. The Morgan fingerprint density at radius 1 is 0.885 bits per heavy atom. The van der Waals surface area contributed by atoms with Crippen LogP contribution in [-0.4, -0.2) is 64.7 Å². The van der Waals surface area contributed by atoms with Crippen molar-refractivity contribution in [3.63, 3.8) is 0 Å². The third-order valence-electron chi connectivity index (χ3n) is 4.02. The molecule has 0 heterocycles. The van der Waals surface area contributed by atoms with Gasteiger partial charge in [-0.25, -0.2) is 21.6 Å². The van der Waals surface area contributed by atoms with Gasteiger partial charge in [-0.15, -0.1) is 0 Å². The summed E-state index contributed by atoms with van der Waals surface area (Å²) in [4.78, 5) is 11.7. The van der Waals surface area contributed by atoms with Crippen molar-refractivity contribution in [1.29, 1.82) is 0 Å². The second-order valence-corrected chi connectivity index (χ2v) is 9.17. The molecule has 10 heteroatoms. The van der Waals surface area contributed by atoms with Crippen molar-refractivity contribution in [1.82, 2.24) is 8.61 Å². The first kappa shape index (κ1) is 22.6. The molecule has 0 aliphatic rings. The monoisotopic (exact) mass is 406 g/mol. The number of ether oxygens (including phenoxy) is 1. The van der Waals surface area contributed by atoms with Gasteiger partial charge in [0.1, 0.15) is 0 Å². The summed E-state index contributed by atoms with van der Waals surface area (Å²) in [5.41, 5.74) is -0.298. The second-order valence-electron chi connectivity index (χ2n) is 5.33. The average molecular weight is 407 g/mol. The van der Waals surface area contributed by atoms with Crippen molar-refractivity contribution in [2.45, 2.75) is 37.5 Å². The van der Waals surface area contributed by atoms with E-state index in [4.69, 9.17) is 0 Å². The minimum atomic E-state index is -3.96. The fourth-order valence-corrected chi connectivity index (χ4v) is 5.68. The van der Waals surface area contributed by atoms with Gasteiger partial charge in [-0.05, 0) is 18.2 Å². The van der Waals surface area contributed by atoms with Crippen molar-refractivity contribution in [2.24, 2.45) is 0 Å². The van der Waals surface area contributed by atoms with Crippen LogP contribution in [0.2, 0.25) is 0 Å². The Labute approximate surface area is 155 Å². The number of sulfonamides is 2. The van der Waals surface area contributed by atoms with Crippen molar-refractivity contribution < 1.29 is 26.4 Å². The average Bonchev–Trinajstić information content (AvgIpc) is 2.62. The lowest BCUT2D eigenvalue weighted by Gasteiger charge is -2.22. The smallest absolute Gasteiger partial charge is 0.339 e. The number of esters is 1. The van der Waals surface area contributed by atoms with E-state index in [2.05, 4.69) is 4.74 Å². The lowest BCUT2D eigenvalue weighted by Crippen LogP contribution is -2.33. The van der Waals surface area contributed by atoms with Crippen LogP contribution in [0.15, 0.2) is 28.0 Å². The van der Waals surface area contributed by atoms with E-state index in [1.807, 2.05) is 0 Å². The maximum atomic E-state index is 12.8. The van der Waals surface area contributed by atoms with Crippen LogP contribution in [0.4, 0.5) is 0 Å². The molecular formula is C16H26N2O6S2. The molecule has 26 heavy (non-hydrogen) atoms. The van der Waals surface area contributed by atoms with E-state index in [1.165, 1.54) is 14.7 Å². The van der Waals surface area contributed by atoms with Crippen LogP contribution in [0, 0.1) is 0 Å². The number of benzene rings is 1. The van der Waals surface area contributed by atoms with Gasteiger partial charge in [0, 0.05) is 26.2 Å². The molecule has 0 saturated carbocycles. The molecule has 0 N–H and O–H groups in total. The highest BCUT2D eigenvalue weighted by Crippen LogP contribution is 2.26. The first-order valence-electron chi connectivity index (χ1n) is 8.34. The molecular weight excluding hydrogens is 380 g/mol. The van der Waals surface area contributed by atoms with Crippen molar-refractivity contribution >= 4 is 26.0 Å². The predicted octanol–water partition coefficient (Wildman–Crippen LogP) is 1.53. The topological polar surface area (TPSA) is 101 Å². The maximum Gasteiger partial charge on any atom is 0.339 e. The molecule has 0 fully saturated rings. The predicted molar refractivity (Wildman–Crippen MR) is 98.0 cm³/mol. The van der Waals surface area contributed by atoms with Crippen LogP contribution >= 0.6 is 0 Å². The molecule has 0 radical (unpaired) electrons. The quantitative estimate of drug-likeness (QED) is 0.577. The van der Waals surface area contributed by atoms with Gasteiger partial charge in [-0.1, -0.05) is 27.7 Å². The highest BCUT2D eigenvalue weighted by Gasteiger charge is 2.30. The summed E-state index contributed by atoms with van der Waals surface area (Å²) in [7, 11) is -6.69. The molecule has 0 aromatic heterocycles. The fraction of sp³-hybridized carbons (Fsp3) is 0.562. The Bertz CT molecular complexity index is 841. The van der Waals surface area contributed by atoms with Gasteiger partial charge in [-0.3, -0.25) is 0 Å². The molecule has 1 rings (SSSR count). The van der Waals surface area contributed by atoms with Crippen LogP contribution in [0.1, 0.15) is 38.1 Å². The molecule has 0 unspecified atom stereocenters. The molecule has 148 valence electrons. The molecule has 0 saturated heterocycles. The third kappa shape index (κ3) is 4.25. The normalized spacial score (nSPS) is 12.6. The lowest BCUT2D eigenvalue weighted by atomic mass is 10.2. The number of rotatable bonds is 9. The first-order chi connectivity index (χ1) is 12.1. The fourth-order valence-electron chi connectivity index (χ4n) is 2.58. The zero-order chi connectivity index (χ0) is 20.1. The van der Waals surface area contributed by atoms with Crippen LogP contribution in [0.3, 0.4) is 0 Å². The van der Waals surface area contributed by atoms with E-state index in [1.54, 1.807) is 27.7 Å². The molecule has 0 aliphatic heterocycles. The Morgan fingerprint density at radius 3 is 1.77 bits per heavy atom. The lowest BCUT2D eigenvalue weighted by molar-refractivity contribution is 0.0595. The summed E-state index contributed by atoms with van der Waals surface area (Å²) < 4.78 is 58.0. The third-order valence-corrected chi connectivity index (χ3v) is 8.18. The number of carbonyl (C=O) groups is 1. The molecule has 1 aromatic carbocycles. The molecule has 0 amide bonds. The summed E-state index contributed by atoms with van der Waals surface area (Å²) >= 11 is 0. The number of carbonyl (C=O) groups excluding carboxylic acids is 1. The molecule has 0 aliphatic carbocycles. The minimum Gasteiger partial charge on any atom is -0.465 e. The minimum absolute atomic E-state index is 0.153. The molecule has 0 atom stereocenters. The van der Waals surface area contributed by atoms with E-state index >= 15 is 0 Å². The summed E-state index contributed by atoms with van der Waals surface area (Å²) in [6.07, 6.45) is 0. The SMILES string of the molecule is CCN(CC)S(=O)(=O)c1ccc(S(=O)(=O)N(CC)CC)c(C(=O)OC)c1. The molecule has 8 nitrogen and oxygen atoms in total. The Kier molecular flexibility index (Phi) is 7.75. The number of methoxy groups -OCH3 is 1. The van der Waals surface area contributed by atoms with Gasteiger partial charge in [0.15, 0.2) is 0 Å². The standard InChI is InChI=1S/C16H26N2O6S2/c1-6-17(7-2)25(20,21)13-10-11-15(14(12-13)16(19)24-5)26(22,23)18(8-3)9-4/h10-12H,6-9H2,1-5H3. The number of nitrogens with zero attached hydrogens (tertiary/aromatic N) is 2. The molecule has 0 spiro atoms. The van der Waals surface area contributed by atoms with Gasteiger partial charge in [0.05, 0.1) is 22.5 Å². The van der Waals surface area contributed by atoms with E-state index in [0.29, 0.717) is 0 Å². The van der Waals surface area contributed by atoms with Crippen LogP contribution < -0.4 is 0 Å². The highest BCUT2D eigenvalue weighted by molar-refractivity contribution is 7.89. The largest absolute Gasteiger partial charge is 0.465 e. The zero-order valence-corrected chi connectivity index (χ0v) is 17.4. The van der Waals surface area contributed by atoms with Gasteiger partial charge >= 0.3 is 5.97 Å². The maximum absolute atomic E-state index is 12.8. The zero-order valence-electron chi connectivity index (χ0n) is 15.7. The van der Waals surface area contributed by atoms with Gasteiger partial charge in [0.2, 0.25) is 20.0 Å². The van der Waals surface area contributed by atoms with Crippen molar-refractivity contribution in [3.05, 3.63) is 23.8 Å². The summed E-state index contributed by atoms with van der Waals surface area (Å²) in [6.45, 7) is 7.70. The van der Waals surface area contributed by atoms with Crippen LogP contribution in [0.5, 0.6) is 0 Å². The van der Waals surface area contributed by atoms with Crippen LogP contribution in [0.25, 0.3) is 0 Å². The van der Waals surface area contributed by atoms with E-state index < -0.39 is 26.0 Å². The second kappa shape index (κ2) is 8.94. The van der Waals surface area contributed by atoms with E-state index in [0.717, 1.165) is 19.2 Å². The van der Waals surface area contributed by atoms with E-state index in [-0.39, 0.29) is 41.5 Å².